The van der Waals surface area contributed by atoms with Gasteiger partial charge in [0, 0.05) is 61.2 Å². The number of H-pyrrole nitrogens is 2. The molecule has 1 saturated heterocycles. The number of fused-ring (bicyclic) bond motifs is 2. The van der Waals surface area contributed by atoms with E-state index in [-0.39, 0.29) is 19.5 Å². The van der Waals surface area contributed by atoms with Gasteiger partial charge in [-0.1, -0.05) is 0 Å². The largest absolute Gasteiger partial charge is 0.352 e. The molecule has 5 aromatic heterocycles. The lowest BCUT2D eigenvalue weighted by Gasteiger charge is -2.15. The Hall–Kier alpha value is -4.66. The van der Waals surface area contributed by atoms with E-state index in [4.69, 9.17) is 4.98 Å². The molecule has 1 fully saturated rings. The molecule has 45 heavy (non-hydrogen) atoms. The normalized spacial score (nSPS) is 15.4. The average Bonchev–Trinajstić information content (AvgIpc) is 3.71. The van der Waals surface area contributed by atoms with E-state index in [9.17, 15) is 21.6 Å². The van der Waals surface area contributed by atoms with Crippen molar-refractivity contribution in [3.05, 3.63) is 84.2 Å². The number of nitrogens with one attached hydrogen (secondary N) is 3. The van der Waals surface area contributed by atoms with Crippen LogP contribution in [-0.4, -0.2) is 68.7 Å². The van der Waals surface area contributed by atoms with Crippen LogP contribution in [0.4, 0.5) is 13.2 Å². The summed E-state index contributed by atoms with van der Waals surface area (Å²) in [6, 6.07) is 11.9. The van der Waals surface area contributed by atoms with Gasteiger partial charge in [0.2, 0.25) is 10.0 Å². The summed E-state index contributed by atoms with van der Waals surface area (Å²) < 4.78 is 67.5. The Kier molecular flexibility index (Phi) is 7.14. The zero-order valence-corrected chi connectivity index (χ0v) is 24.8. The van der Waals surface area contributed by atoms with Crippen LogP contribution >= 0.6 is 0 Å². The van der Waals surface area contributed by atoms with Crippen molar-refractivity contribution in [1.82, 2.24) is 39.8 Å². The monoisotopic (exact) mass is 632 g/mol. The van der Waals surface area contributed by atoms with Gasteiger partial charge in [0.25, 0.3) is 5.92 Å². The molecule has 7 rings (SSSR count). The number of alkyl halides is 2. The van der Waals surface area contributed by atoms with E-state index >= 15 is 0 Å². The molecule has 10 nitrogen and oxygen atoms in total. The molecule has 0 spiro atoms. The van der Waals surface area contributed by atoms with E-state index in [1.165, 1.54) is 12.1 Å². The van der Waals surface area contributed by atoms with Gasteiger partial charge < -0.3 is 4.98 Å². The first-order valence-electron chi connectivity index (χ1n) is 14.1. The Morgan fingerprint density at radius 3 is 2.60 bits per heavy atom. The van der Waals surface area contributed by atoms with Crippen LogP contribution in [0.25, 0.3) is 55.7 Å². The molecule has 0 amide bonds. The minimum Gasteiger partial charge on any atom is -0.352 e. The Morgan fingerprint density at radius 2 is 1.80 bits per heavy atom. The van der Waals surface area contributed by atoms with Crippen molar-refractivity contribution >= 4 is 32.0 Å². The molecule has 1 aromatic carbocycles. The number of halogens is 3. The predicted molar refractivity (Wildman–Crippen MR) is 164 cm³/mol. The lowest BCUT2D eigenvalue weighted by molar-refractivity contribution is 0.0115. The number of aromatic amines is 2. The van der Waals surface area contributed by atoms with Gasteiger partial charge in [-0.05, 0) is 59.2 Å². The second kappa shape index (κ2) is 11.1. The second-order valence-electron chi connectivity index (χ2n) is 11.3. The van der Waals surface area contributed by atoms with Gasteiger partial charge in [0.05, 0.1) is 41.4 Å². The van der Waals surface area contributed by atoms with Crippen molar-refractivity contribution in [3.8, 4) is 33.8 Å². The van der Waals surface area contributed by atoms with Crippen LogP contribution in [0.2, 0.25) is 0 Å². The highest BCUT2D eigenvalue weighted by molar-refractivity contribution is 7.88. The highest BCUT2D eigenvalue weighted by Gasteiger charge is 2.37. The lowest BCUT2D eigenvalue weighted by atomic mass is 10.0. The van der Waals surface area contributed by atoms with Crippen molar-refractivity contribution in [3.63, 3.8) is 0 Å². The average molecular weight is 633 g/mol. The third kappa shape index (κ3) is 6.16. The smallest absolute Gasteiger partial charge is 0.261 e. The van der Waals surface area contributed by atoms with Crippen LogP contribution in [0.15, 0.2) is 67.3 Å². The summed E-state index contributed by atoms with van der Waals surface area (Å²) in [5, 5.41) is 8.30. The zero-order valence-electron chi connectivity index (χ0n) is 24.0. The van der Waals surface area contributed by atoms with E-state index in [1.807, 2.05) is 24.3 Å². The van der Waals surface area contributed by atoms with Crippen LogP contribution in [0, 0.1) is 5.82 Å². The molecule has 0 bridgehead atoms. The number of sulfonamides is 1. The minimum atomic E-state index is -3.46. The van der Waals surface area contributed by atoms with Crippen LogP contribution in [0.5, 0.6) is 0 Å². The van der Waals surface area contributed by atoms with Crippen molar-refractivity contribution in [2.24, 2.45) is 0 Å². The van der Waals surface area contributed by atoms with Gasteiger partial charge >= 0.3 is 0 Å². The quantitative estimate of drug-likeness (QED) is 0.209. The van der Waals surface area contributed by atoms with Gasteiger partial charge in [-0.25, -0.2) is 31.3 Å². The van der Waals surface area contributed by atoms with Crippen LogP contribution in [-0.2, 0) is 23.1 Å². The van der Waals surface area contributed by atoms with Gasteiger partial charge in [0.15, 0.2) is 0 Å². The van der Waals surface area contributed by atoms with Crippen LogP contribution in [0.3, 0.4) is 0 Å². The molecular formula is C31H27F3N8O2S. The molecule has 0 radical (unpaired) electrons. The Labute approximate surface area is 255 Å². The maximum atomic E-state index is 14.6. The first-order chi connectivity index (χ1) is 21.5. The molecule has 6 heterocycles. The SMILES string of the molecule is CS(=O)(=O)NCc1cc(F)cc(-c2cncc3[nH]c(-c4n[nH]c5ccc(-c6cncc(CN7CCC(F)(F)C7)c6)nc45)cc23)c1. The summed E-state index contributed by atoms with van der Waals surface area (Å²) in [7, 11) is -3.46. The highest BCUT2D eigenvalue weighted by Crippen LogP contribution is 2.35. The molecule has 6 aromatic rings. The molecule has 0 unspecified atom stereocenters. The number of rotatable bonds is 8. The van der Waals surface area contributed by atoms with E-state index in [1.54, 1.807) is 35.8 Å². The number of likely N-dealkylation sites (tertiary alicyclic amines) is 1. The molecule has 1 aliphatic heterocycles. The summed E-state index contributed by atoms with van der Waals surface area (Å²) in [6.45, 7) is 0.401. The third-order valence-electron chi connectivity index (χ3n) is 7.76. The molecule has 3 N–H and O–H groups in total. The molecule has 1 aliphatic rings. The summed E-state index contributed by atoms with van der Waals surface area (Å²) in [5.74, 6) is -3.16. The predicted octanol–water partition coefficient (Wildman–Crippen LogP) is 5.26. The summed E-state index contributed by atoms with van der Waals surface area (Å²) in [4.78, 5) is 18.6. The summed E-state index contributed by atoms with van der Waals surface area (Å²) in [5.41, 5.74) is 7.13. The van der Waals surface area contributed by atoms with E-state index in [2.05, 4.69) is 29.9 Å². The maximum absolute atomic E-state index is 14.6. The van der Waals surface area contributed by atoms with Crippen molar-refractivity contribution in [1.29, 1.82) is 0 Å². The topological polar surface area (TPSA) is 133 Å². The third-order valence-corrected chi connectivity index (χ3v) is 8.43. The summed E-state index contributed by atoms with van der Waals surface area (Å²) >= 11 is 0. The Morgan fingerprint density at radius 1 is 0.978 bits per heavy atom. The van der Waals surface area contributed by atoms with Crippen molar-refractivity contribution in [2.45, 2.75) is 25.4 Å². The lowest BCUT2D eigenvalue weighted by Crippen LogP contribution is -2.24. The van der Waals surface area contributed by atoms with E-state index < -0.39 is 21.8 Å². The molecule has 14 heteroatoms. The number of benzene rings is 1. The van der Waals surface area contributed by atoms with Crippen molar-refractivity contribution < 1.29 is 21.6 Å². The molecule has 0 saturated carbocycles. The number of pyridine rings is 3. The van der Waals surface area contributed by atoms with Crippen LogP contribution < -0.4 is 4.72 Å². The minimum absolute atomic E-state index is 0.0503. The fraction of sp³-hybridized carbons (Fsp3) is 0.226. The second-order valence-corrected chi connectivity index (χ2v) is 13.2. The van der Waals surface area contributed by atoms with E-state index in [0.717, 1.165) is 22.8 Å². The summed E-state index contributed by atoms with van der Waals surface area (Å²) in [6.07, 6.45) is 7.57. The van der Waals surface area contributed by atoms with Gasteiger partial charge in [0.1, 0.15) is 17.0 Å². The fourth-order valence-electron chi connectivity index (χ4n) is 5.69. The molecule has 0 atom stereocenters. The number of hydrogen-bond donors (Lipinski definition) is 3. The number of nitrogens with zero attached hydrogens (tertiary/aromatic N) is 5. The molecule has 230 valence electrons. The van der Waals surface area contributed by atoms with E-state index in [0.29, 0.717) is 63.4 Å². The Bertz CT molecular complexity index is 2180. The van der Waals surface area contributed by atoms with Gasteiger partial charge in [-0.15, -0.1) is 0 Å². The standard InChI is InChI=1S/C31H27F3N8O2S/c1-45(43,44)37-12-18-6-20(9-22(32)8-18)24-14-36-15-28-23(24)10-27(38-28)30-29-26(40-41-30)3-2-25(39-29)21-7-19(11-35-13-21)16-42-5-4-31(33,34)17-42/h2-3,6-11,13-15,37-38H,4-5,12,16-17H2,1H3,(H,40,41). The number of aromatic nitrogens is 6. The number of hydrogen-bond acceptors (Lipinski definition) is 7. The first-order valence-corrected chi connectivity index (χ1v) is 16.0. The highest BCUT2D eigenvalue weighted by atomic mass is 32.2. The maximum Gasteiger partial charge on any atom is 0.261 e. The molecule has 0 aliphatic carbocycles. The van der Waals surface area contributed by atoms with Crippen LogP contribution in [0.1, 0.15) is 17.5 Å². The zero-order chi connectivity index (χ0) is 31.3. The van der Waals surface area contributed by atoms with Crippen molar-refractivity contribution in [2.75, 3.05) is 19.3 Å². The Balaban J connectivity index is 1.22. The first kappa shape index (κ1) is 29.1. The molecular weight excluding hydrogens is 605 g/mol. The fourth-order valence-corrected chi connectivity index (χ4v) is 6.12. The van der Waals surface area contributed by atoms with Gasteiger partial charge in [-0.3, -0.25) is 20.0 Å². The van der Waals surface area contributed by atoms with Gasteiger partial charge in [-0.2, -0.15) is 5.10 Å².